The van der Waals surface area contributed by atoms with Gasteiger partial charge in [0, 0.05) is 16.2 Å². The van der Waals surface area contributed by atoms with Gasteiger partial charge in [-0.1, -0.05) is 11.6 Å². The molecule has 0 atom stereocenters. The summed E-state index contributed by atoms with van der Waals surface area (Å²) in [6.07, 6.45) is 0. The smallest absolute Gasteiger partial charge is 0.141 e. The first-order chi connectivity index (χ1) is 8.56. The van der Waals surface area contributed by atoms with Gasteiger partial charge in [0.25, 0.3) is 0 Å². The van der Waals surface area contributed by atoms with E-state index < -0.39 is 17.5 Å². The average molecular weight is 289 g/mol. The summed E-state index contributed by atoms with van der Waals surface area (Å²) in [6, 6.07) is 7.54. The molecule has 18 heavy (non-hydrogen) atoms. The molecule has 0 aliphatic heterocycles. The molecule has 0 nitrogen and oxygen atoms in total. The molecule has 0 unspecified atom stereocenters. The summed E-state index contributed by atoms with van der Waals surface area (Å²) in [5.41, 5.74) is 0.264. The quantitative estimate of drug-likeness (QED) is 0.712. The van der Waals surface area contributed by atoms with Gasteiger partial charge in [-0.05, 0) is 36.4 Å². The van der Waals surface area contributed by atoms with Crippen LogP contribution in [0.2, 0.25) is 5.02 Å². The normalized spacial score (nSPS) is 10.7. The number of thioether (sulfide) groups is 1. The molecule has 0 saturated heterocycles. The Hall–Kier alpha value is -1.13. The number of halogens is 4. The number of hydrogen-bond donors (Lipinski definition) is 0. The summed E-state index contributed by atoms with van der Waals surface area (Å²) in [7, 11) is 0. The van der Waals surface area contributed by atoms with Gasteiger partial charge in [0.15, 0.2) is 0 Å². The van der Waals surface area contributed by atoms with Crippen LogP contribution in [-0.4, -0.2) is 0 Å². The van der Waals surface area contributed by atoms with E-state index in [0.717, 1.165) is 18.2 Å². The third-order valence-corrected chi connectivity index (χ3v) is 3.63. The van der Waals surface area contributed by atoms with Crippen molar-refractivity contribution in [3.05, 3.63) is 64.4 Å². The number of rotatable bonds is 3. The van der Waals surface area contributed by atoms with E-state index in [4.69, 9.17) is 11.6 Å². The highest BCUT2D eigenvalue weighted by atomic mass is 35.5. The second kappa shape index (κ2) is 5.67. The van der Waals surface area contributed by atoms with E-state index in [1.165, 1.54) is 23.9 Å². The molecule has 0 aliphatic carbocycles. The summed E-state index contributed by atoms with van der Waals surface area (Å²) in [5, 5.41) is 0.0136. The van der Waals surface area contributed by atoms with Gasteiger partial charge in [-0.2, -0.15) is 0 Å². The van der Waals surface area contributed by atoms with Gasteiger partial charge in [-0.15, -0.1) is 11.8 Å². The Morgan fingerprint density at radius 2 is 1.67 bits per heavy atom. The number of hydrogen-bond acceptors (Lipinski definition) is 1. The van der Waals surface area contributed by atoms with E-state index in [1.54, 1.807) is 6.07 Å². The Balaban J connectivity index is 2.11. The fourth-order valence-corrected chi connectivity index (χ4v) is 2.54. The molecule has 0 aromatic heterocycles. The van der Waals surface area contributed by atoms with Crippen LogP contribution in [0.5, 0.6) is 0 Å². The Kier molecular flexibility index (Phi) is 4.19. The second-order valence-electron chi connectivity index (χ2n) is 3.60. The minimum Gasteiger partial charge on any atom is -0.207 e. The van der Waals surface area contributed by atoms with E-state index in [1.807, 2.05) is 0 Å². The van der Waals surface area contributed by atoms with Crippen molar-refractivity contribution in [1.29, 1.82) is 0 Å². The fraction of sp³-hybridized carbons (Fsp3) is 0.0769. The van der Waals surface area contributed by atoms with E-state index >= 15 is 0 Å². The van der Waals surface area contributed by atoms with Crippen molar-refractivity contribution in [1.82, 2.24) is 0 Å². The summed E-state index contributed by atoms with van der Waals surface area (Å²) in [5.74, 6) is -1.19. The van der Waals surface area contributed by atoms with E-state index in [0.29, 0.717) is 4.90 Å². The first kappa shape index (κ1) is 13.3. The molecular formula is C13H8ClF3S. The minimum atomic E-state index is -0.502. The van der Waals surface area contributed by atoms with Gasteiger partial charge in [0.2, 0.25) is 0 Å². The van der Waals surface area contributed by atoms with Crippen molar-refractivity contribution in [2.24, 2.45) is 0 Å². The Labute approximate surface area is 112 Å². The fourth-order valence-electron chi connectivity index (χ4n) is 1.38. The van der Waals surface area contributed by atoms with E-state index in [2.05, 4.69) is 0 Å². The van der Waals surface area contributed by atoms with Crippen LogP contribution in [-0.2, 0) is 5.75 Å². The summed E-state index contributed by atoms with van der Waals surface area (Å²) < 4.78 is 39.2. The molecule has 0 fully saturated rings. The lowest BCUT2D eigenvalue weighted by Crippen LogP contribution is -1.89. The van der Waals surface area contributed by atoms with Gasteiger partial charge in [-0.25, -0.2) is 13.2 Å². The zero-order valence-corrected chi connectivity index (χ0v) is 10.7. The van der Waals surface area contributed by atoms with Crippen LogP contribution in [0.3, 0.4) is 0 Å². The van der Waals surface area contributed by atoms with Crippen molar-refractivity contribution in [2.45, 2.75) is 10.6 Å². The third-order valence-electron chi connectivity index (χ3n) is 2.29. The molecule has 0 heterocycles. The van der Waals surface area contributed by atoms with Crippen molar-refractivity contribution in [3.8, 4) is 0 Å². The molecule has 0 radical (unpaired) electrons. The molecule has 0 aliphatic rings. The second-order valence-corrected chi connectivity index (χ2v) is 5.06. The lowest BCUT2D eigenvalue weighted by molar-refractivity contribution is 0.591. The van der Waals surface area contributed by atoms with Crippen molar-refractivity contribution in [2.75, 3.05) is 0 Å². The SMILES string of the molecule is Fc1ccc(F)c(CSc2ccc(F)c(Cl)c2)c1. The van der Waals surface area contributed by atoms with Crippen LogP contribution in [0.25, 0.3) is 0 Å². The van der Waals surface area contributed by atoms with Crippen LogP contribution >= 0.6 is 23.4 Å². The Morgan fingerprint density at radius 3 is 2.39 bits per heavy atom. The average Bonchev–Trinajstić information content (AvgIpc) is 2.34. The maximum atomic E-state index is 13.3. The van der Waals surface area contributed by atoms with Gasteiger partial charge in [-0.3, -0.25) is 0 Å². The van der Waals surface area contributed by atoms with Gasteiger partial charge in [0.1, 0.15) is 17.5 Å². The van der Waals surface area contributed by atoms with Crippen LogP contribution in [0, 0.1) is 17.5 Å². The highest BCUT2D eigenvalue weighted by molar-refractivity contribution is 7.98. The predicted octanol–water partition coefficient (Wildman–Crippen LogP) is 5.05. The van der Waals surface area contributed by atoms with Crippen LogP contribution in [0.15, 0.2) is 41.3 Å². The molecule has 94 valence electrons. The third kappa shape index (κ3) is 3.21. The predicted molar refractivity (Wildman–Crippen MR) is 67.3 cm³/mol. The molecule has 2 aromatic rings. The van der Waals surface area contributed by atoms with Crippen molar-refractivity contribution in [3.63, 3.8) is 0 Å². The monoisotopic (exact) mass is 288 g/mol. The molecule has 0 spiro atoms. The van der Waals surface area contributed by atoms with Crippen molar-refractivity contribution >= 4 is 23.4 Å². The van der Waals surface area contributed by atoms with Gasteiger partial charge in [0.05, 0.1) is 5.02 Å². The van der Waals surface area contributed by atoms with Crippen LogP contribution in [0.4, 0.5) is 13.2 Å². The number of benzene rings is 2. The maximum absolute atomic E-state index is 13.3. The Morgan fingerprint density at radius 1 is 0.944 bits per heavy atom. The zero-order chi connectivity index (χ0) is 13.1. The van der Waals surface area contributed by atoms with Crippen molar-refractivity contribution < 1.29 is 13.2 Å². The topological polar surface area (TPSA) is 0 Å². The zero-order valence-electron chi connectivity index (χ0n) is 9.09. The lowest BCUT2D eigenvalue weighted by atomic mass is 10.2. The molecule has 2 aromatic carbocycles. The molecular weight excluding hydrogens is 281 g/mol. The standard InChI is InChI=1S/C13H8ClF3S/c14-11-6-10(2-4-13(11)17)18-7-8-5-9(15)1-3-12(8)16/h1-6H,7H2. The summed E-state index contributed by atoms with van der Waals surface area (Å²) >= 11 is 6.89. The first-order valence-electron chi connectivity index (χ1n) is 5.08. The lowest BCUT2D eigenvalue weighted by Gasteiger charge is -2.04. The maximum Gasteiger partial charge on any atom is 0.141 e. The first-order valence-corrected chi connectivity index (χ1v) is 6.44. The molecule has 0 bridgehead atoms. The van der Waals surface area contributed by atoms with E-state index in [-0.39, 0.29) is 16.3 Å². The molecule has 0 N–H and O–H groups in total. The van der Waals surface area contributed by atoms with Crippen LogP contribution in [0.1, 0.15) is 5.56 Å². The summed E-state index contributed by atoms with van der Waals surface area (Å²) in [4.78, 5) is 0.699. The summed E-state index contributed by atoms with van der Waals surface area (Å²) in [6.45, 7) is 0. The highest BCUT2D eigenvalue weighted by Gasteiger charge is 2.06. The highest BCUT2D eigenvalue weighted by Crippen LogP contribution is 2.27. The largest absolute Gasteiger partial charge is 0.207 e. The Bertz CT molecular complexity index is 572. The van der Waals surface area contributed by atoms with Crippen LogP contribution < -0.4 is 0 Å². The minimum absolute atomic E-state index is 0.0136. The van der Waals surface area contributed by atoms with E-state index in [9.17, 15) is 13.2 Å². The molecule has 2 rings (SSSR count). The molecule has 0 amide bonds. The molecule has 5 heteroatoms. The van der Waals surface area contributed by atoms with Gasteiger partial charge < -0.3 is 0 Å². The molecule has 0 saturated carbocycles. The van der Waals surface area contributed by atoms with Gasteiger partial charge >= 0.3 is 0 Å².